The van der Waals surface area contributed by atoms with E-state index in [1.54, 1.807) is 42.7 Å². The van der Waals surface area contributed by atoms with Gasteiger partial charge in [0, 0.05) is 18.0 Å². The molecule has 16 heavy (non-hydrogen) atoms. The van der Waals surface area contributed by atoms with E-state index in [1.165, 1.54) is 0 Å². The SMILES string of the molecule is OB(O)Oc1ccc(-c2ncccn2)cc1. The minimum atomic E-state index is -1.81. The summed E-state index contributed by atoms with van der Waals surface area (Å²) in [5.41, 5.74) is 0.834. The first-order valence-corrected chi connectivity index (χ1v) is 4.66. The minimum absolute atomic E-state index is 0.370. The van der Waals surface area contributed by atoms with Crippen molar-refractivity contribution in [1.29, 1.82) is 0 Å². The highest BCUT2D eigenvalue weighted by Gasteiger charge is 2.10. The highest BCUT2D eigenvalue weighted by atomic mass is 16.6. The number of rotatable bonds is 3. The van der Waals surface area contributed by atoms with E-state index in [2.05, 4.69) is 14.6 Å². The van der Waals surface area contributed by atoms with Crippen LogP contribution in [0.2, 0.25) is 0 Å². The van der Waals surface area contributed by atoms with E-state index in [-0.39, 0.29) is 0 Å². The Labute approximate surface area is 92.6 Å². The van der Waals surface area contributed by atoms with Gasteiger partial charge in [-0.2, -0.15) is 0 Å². The molecule has 5 nitrogen and oxygen atoms in total. The maximum atomic E-state index is 8.60. The third kappa shape index (κ3) is 2.56. The van der Waals surface area contributed by atoms with Crippen LogP contribution in [0.15, 0.2) is 42.7 Å². The Morgan fingerprint density at radius 3 is 2.19 bits per heavy atom. The number of benzene rings is 1. The first-order chi connectivity index (χ1) is 7.75. The van der Waals surface area contributed by atoms with Gasteiger partial charge in [-0.3, -0.25) is 0 Å². The molecule has 0 unspecified atom stereocenters. The molecule has 0 bridgehead atoms. The minimum Gasteiger partial charge on any atom is -0.512 e. The maximum Gasteiger partial charge on any atom is 0.707 e. The normalized spacial score (nSPS) is 9.88. The predicted octanol–water partition coefficient (Wildman–Crippen LogP) is 0.492. The van der Waals surface area contributed by atoms with Gasteiger partial charge in [0.1, 0.15) is 5.75 Å². The predicted molar refractivity (Wildman–Crippen MR) is 58.3 cm³/mol. The summed E-state index contributed by atoms with van der Waals surface area (Å²) in [6, 6.07) is 8.46. The summed E-state index contributed by atoms with van der Waals surface area (Å²) >= 11 is 0. The Kier molecular flexibility index (Phi) is 3.14. The molecule has 0 radical (unpaired) electrons. The van der Waals surface area contributed by atoms with Crippen LogP contribution in [-0.4, -0.2) is 27.3 Å². The van der Waals surface area contributed by atoms with Gasteiger partial charge in [-0.25, -0.2) is 9.97 Å². The Hall–Kier alpha value is -1.92. The molecule has 0 spiro atoms. The Bertz CT molecular complexity index is 447. The third-order valence-corrected chi connectivity index (χ3v) is 1.92. The van der Waals surface area contributed by atoms with Gasteiger partial charge in [0.25, 0.3) is 0 Å². The maximum absolute atomic E-state index is 8.60. The van der Waals surface area contributed by atoms with E-state index in [9.17, 15) is 0 Å². The van der Waals surface area contributed by atoms with Gasteiger partial charge in [-0.05, 0) is 30.3 Å². The molecule has 2 rings (SSSR count). The molecule has 0 aliphatic carbocycles. The topological polar surface area (TPSA) is 75.5 Å². The van der Waals surface area contributed by atoms with Crippen LogP contribution in [0.5, 0.6) is 5.75 Å². The van der Waals surface area contributed by atoms with Gasteiger partial charge in [0.05, 0.1) is 0 Å². The summed E-state index contributed by atoms with van der Waals surface area (Å²) in [6.45, 7) is 0. The van der Waals surface area contributed by atoms with E-state index in [0.29, 0.717) is 11.6 Å². The lowest BCUT2D eigenvalue weighted by Crippen LogP contribution is -2.20. The third-order valence-electron chi connectivity index (χ3n) is 1.92. The molecule has 6 heteroatoms. The zero-order chi connectivity index (χ0) is 11.4. The molecule has 2 aromatic rings. The first-order valence-electron chi connectivity index (χ1n) is 4.66. The van der Waals surface area contributed by atoms with E-state index in [0.717, 1.165) is 5.56 Å². The summed E-state index contributed by atoms with van der Waals surface area (Å²) in [5, 5.41) is 17.2. The summed E-state index contributed by atoms with van der Waals surface area (Å²) in [4.78, 5) is 8.18. The summed E-state index contributed by atoms with van der Waals surface area (Å²) in [7, 11) is -1.81. The molecule has 0 atom stereocenters. The zero-order valence-electron chi connectivity index (χ0n) is 8.32. The van der Waals surface area contributed by atoms with E-state index in [4.69, 9.17) is 10.0 Å². The molecule has 0 aliphatic heterocycles. The molecule has 0 aliphatic rings. The average molecular weight is 216 g/mol. The molecule has 0 amide bonds. The fraction of sp³-hybridized carbons (Fsp3) is 0. The van der Waals surface area contributed by atoms with Crippen LogP contribution in [0, 0.1) is 0 Å². The van der Waals surface area contributed by atoms with Crippen molar-refractivity contribution in [3.05, 3.63) is 42.7 Å². The Balaban J connectivity index is 2.20. The molecular formula is C10H9BN2O3. The average Bonchev–Trinajstić information content (AvgIpc) is 2.30. The second-order valence-corrected chi connectivity index (χ2v) is 3.04. The van der Waals surface area contributed by atoms with Crippen LogP contribution >= 0.6 is 0 Å². The van der Waals surface area contributed by atoms with Gasteiger partial charge in [-0.15, -0.1) is 0 Å². The van der Waals surface area contributed by atoms with Crippen molar-refractivity contribution in [2.45, 2.75) is 0 Å². The molecular weight excluding hydrogens is 207 g/mol. The van der Waals surface area contributed by atoms with Crippen molar-refractivity contribution in [3.63, 3.8) is 0 Å². The van der Waals surface area contributed by atoms with Crippen molar-refractivity contribution in [3.8, 4) is 17.1 Å². The molecule has 80 valence electrons. The van der Waals surface area contributed by atoms with Crippen LogP contribution in [0.25, 0.3) is 11.4 Å². The summed E-state index contributed by atoms with van der Waals surface area (Å²) in [6.07, 6.45) is 3.31. The lowest BCUT2D eigenvalue weighted by Gasteiger charge is -2.05. The van der Waals surface area contributed by atoms with Crippen LogP contribution in [0.1, 0.15) is 0 Å². The fourth-order valence-corrected chi connectivity index (χ4v) is 1.25. The van der Waals surface area contributed by atoms with Gasteiger partial charge in [0.15, 0.2) is 5.82 Å². The Morgan fingerprint density at radius 2 is 1.62 bits per heavy atom. The van der Waals surface area contributed by atoms with Crippen LogP contribution < -0.4 is 4.65 Å². The second-order valence-electron chi connectivity index (χ2n) is 3.04. The van der Waals surface area contributed by atoms with Gasteiger partial charge in [-0.1, -0.05) is 0 Å². The molecule has 0 fully saturated rings. The van der Waals surface area contributed by atoms with E-state index >= 15 is 0 Å². The molecule has 1 aromatic carbocycles. The number of nitrogens with zero attached hydrogens (tertiary/aromatic N) is 2. The van der Waals surface area contributed by atoms with Gasteiger partial charge < -0.3 is 14.7 Å². The van der Waals surface area contributed by atoms with Crippen molar-refractivity contribution < 1.29 is 14.7 Å². The number of hydrogen-bond acceptors (Lipinski definition) is 5. The highest BCUT2D eigenvalue weighted by molar-refractivity contribution is 6.33. The van der Waals surface area contributed by atoms with Crippen molar-refractivity contribution in [1.82, 2.24) is 9.97 Å². The molecule has 0 saturated carbocycles. The molecule has 1 aromatic heterocycles. The lowest BCUT2D eigenvalue weighted by atomic mass is 10.2. The monoisotopic (exact) mass is 216 g/mol. The molecule has 2 N–H and O–H groups in total. The number of aromatic nitrogens is 2. The zero-order valence-corrected chi connectivity index (χ0v) is 8.32. The second kappa shape index (κ2) is 4.74. The van der Waals surface area contributed by atoms with Crippen molar-refractivity contribution >= 4 is 7.32 Å². The van der Waals surface area contributed by atoms with Crippen molar-refractivity contribution in [2.75, 3.05) is 0 Å². The quantitative estimate of drug-likeness (QED) is 0.730. The smallest absolute Gasteiger partial charge is 0.512 e. The molecule has 0 saturated heterocycles. The molecule has 1 heterocycles. The Morgan fingerprint density at radius 1 is 1.00 bits per heavy atom. The highest BCUT2D eigenvalue weighted by Crippen LogP contribution is 2.18. The summed E-state index contributed by atoms with van der Waals surface area (Å²) < 4.78 is 4.68. The first kappa shape index (κ1) is 10.6. The standard InChI is InChI=1S/C10H9BN2O3/c14-11(15)16-9-4-2-8(3-5-9)10-12-6-1-7-13-10/h1-7,14-15H. The van der Waals surface area contributed by atoms with Crippen LogP contribution in [-0.2, 0) is 0 Å². The largest absolute Gasteiger partial charge is 0.707 e. The van der Waals surface area contributed by atoms with E-state index in [1.807, 2.05) is 0 Å². The van der Waals surface area contributed by atoms with Gasteiger partial charge in [0.2, 0.25) is 0 Å². The van der Waals surface area contributed by atoms with Gasteiger partial charge >= 0.3 is 7.32 Å². The van der Waals surface area contributed by atoms with Crippen molar-refractivity contribution in [2.24, 2.45) is 0 Å². The van der Waals surface area contributed by atoms with E-state index < -0.39 is 7.32 Å². The van der Waals surface area contributed by atoms with Crippen LogP contribution in [0.4, 0.5) is 0 Å². The number of hydrogen-bond donors (Lipinski definition) is 2. The fourth-order valence-electron chi connectivity index (χ4n) is 1.25. The van der Waals surface area contributed by atoms with Crippen LogP contribution in [0.3, 0.4) is 0 Å². The summed E-state index contributed by atoms with van der Waals surface area (Å²) in [5.74, 6) is 0.980. The lowest BCUT2D eigenvalue weighted by molar-refractivity contribution is 0.288.